The van der Waals surface area contributed by atoms with Crippen molar-refractivity contribution in [3.63, 3.8) is 0 Å². The van der Waals surface area contributed by atoms with Gasteiger partial charge in [-0.15, -0.1) is 0 Å². The Labute approximate surface area is 69.0 Å². The SMILES string of the molecule is C/C=C(\C=C/CC)C1CC1N. The van der Waals surface area contributed by atoms with E-state index in [0.29, 0.717) is 12.0 Å². The van der Waals surface area contributed by atoms with Crippen molar-refractivity contribution in [3.8, 4) is 0 Å². The van der Waals surface area contributed by atoms with Crippen molar-refractivity contribution in [1.29, 1.82) is 0 Å². The maximum absolute atomic E-state index is 5.74. The van der Waals surface area contributed by atoms with Crippen LogP contribution in [0.25, 0.3) is 0 Å². The number of allylic oxidation sites excluding steroid dienone is 3. The van der Waals surface area contributed by atoms with E-state index < -0.39 is 0 Å². The molecule has 2 atom stereocenters. The van der Waals surface area contributed by atoms with Gasteiger partial charge in [0.25, 0.3) is 0 Å². The molecule has 1 rings (SSSR count). The second-order valence-corrected chi connectivity index (χ2v) is 3.11. The summed E-state index contributed by atoms with van der Waals surface area (Å²) in [5, 5.41) is 0. The maximum atomic E-state index is 5.74. The van der Waals surface area contributed by atoms with Gasteiger partial charge in [-0.3, -0.25) is 0 Å². The molecule has 62 valence electrons. The van der Waals surface area contributed by atoms with Gasteiger partial charge in [-0.2, -0.15) is 0 Å². The zero-order valence-corrected chi connectivity index (χ0v) is 7.38. The molecule has 0 aliphatic heterocycles. The van der Waals surface area contributed by atoms with Gasteiger partial charge in [0.05, 0.1) is 0 Å². The largest absolute Gasteiger partial charge is 0.327 e. The highest BCUT2D eigenvalue weighted by atomic mass is 14.7. The molecule has 0 bridgehead atoms. The van der Waals surface area contributed by atoms with E-state index in [1.165, 1.54) is 12.0 Å². The lowest BCUT2D eigenvalue weighted by Gasteiger charge is -1.96. The second kappa shape index (κ2) is 3.72. The van der Waals surface area contributed by atoms with Crippen LogP contribution in [-0.2, 0) is 0 Å². The minimum Gasteiger partial charge on any atom is -0.327 e. The molecule has 0 saturated heterocycles. The van der Waals surface area contributed by atoms with Gasteiger partial charge in [-0.25, -0.2) is 0 Å². The molecule has 1 aliphatic carbocycles. The molecule has 11 heavy (non-hydrogen) atoms. The average Bonchev–Trinajstić information content (AvgIpc) is 2.69. The van der Waals surface area contributed by atoms with Crippen molar-refractivity contribution in [3.05, 3.63) is 23.8 Å². The van der Waals surface area contributed by atoms with Crippen LogP contribution in [0.4, 0.5) is 0 Å². The van der Waals surface area contributed by atoms with Gasteiger partial charge >= 0.3 is 0 Å². The van der Waals surface area contributed by atoms with Gasteiger partial charge in [-0.05, 0) is 25.3 Å². The second-order valence-electron chi connectivity index (χ2n) is 3.11. The third kappa shape index (κ3) is 2.19. The van der Waals surface area contributed by atoms with Gasteiger partial charge in [0.15, 0.2) is 0 Å². The molecule has 0 spiro atoms. The predicted octanol–water partition coefficient (Wildman–Crippen LogP) is 2.25. The van der Waals surface area contributed by atoms with Crippen LogP contribution in [0, 0.1) is 5.92 Å². The summed E-state index contributed by atoms with van der Waals surface area (Å²) in [6.07, 6.45) is 8.86. The Kier molecular flexibility index (Phi) is 2.89. The van der Waals surface area contributed by atoms with E-state index in [0.717, 1.165) is 6.42 Å². The van der Waals surface area contributed by atoms with E-state index in [9.17, 15) is 0 Å². The average molecular weight is 151 g/mol. The van der Waals surface area contributed by atoms with Crippen molar-refractivity contribution in [2.75, 3.05) is 0 Å². The van der Waals surface area contributed by atoms with Gasteiger partial charge in [0.1, 0.15) is 0 Å². The third-order valence-electron chi connectivity index (χ3n) is 2.15. The van der Waals surface area contributed by atoms with Crippen LogP contribution in [0.5, 0.6) is 0 Å². The number of nitrogens with two attached hydrogens (primary N) is 1. The minimum atomic E-state index is 0.433. The Hall–Kier alpha value is -0.560. The van der Waals surface area contributed by atoms with E-state index in [1.807, 2.05) is 0 Å². The fourth-order valence-corrected chi connectivity index (χ4v) is 1.29. The molecule has 1 aliphatic rings. The smallest absolute Gasteiger partial charge is 0.0115 e. The van der Waals surface area contributed by atoms with Crippen LogP contribution < -0.4 is 5.73 Å². The summed E-state index contributed by atoms with van der Waals surface area (Å²) in [6.45, 7) is 4.23. The van der Waals surface area contributed by atoms with Crippen molar-refractivity contribution in [2.24, 2.45) is 11.7 Å². The van der Waals surface area contributed by atoms with Gasteiger partial charge in [0.2, 0.25) is 0 Å². The molecular weight excluding hydrogens is 134 g/mol. The first-order chi connectivity index (χ1) is 5.29. The molecule has 2 N–H and O–H groups in total. The molecule has 0 aromatic carbocycles. The summed E-state index contributed by atoms with van der Waals surface area (Å²) >= 11 is 0. The Morgan fingerprint density at radius 3 is 2.64 bits per heavy atom. The van der Waals surface area contributed by atoms with Crippen LogP contribution in [0.15, 0.2) is 23.8 Å². The Morgan fingerprint density at radius 2 is 2.27 bits per heavy atom. The molecule has 1 nitrogen and oxygen atoms in total. The highest BCUT2D eigenvalue weighted by Crippen LogP contribution is 2.35. The Morgan fingerprint density at radius 1 is 1.64 bits per heavy atom. The number of hydrogen-bond donors (Lipinski definition) is 1. The highest BCUT2D eigenvalue weighted by Gasteiger charge is 2.34. The first kappa shape index (κ1) is 8.54. The van der Waals surface area contributed by atoms with Crippen LogP contribution in [0.3, 0.4) is 0 Å². The summed E-state index contributed by atoms with van der Waals surface area (Å²) in [5.41, 5.74) is 7.16. The van der Waals surface area contributed by atoms with E-state index in [4.69, 9.17) is 5.73 Å². The monoisotopic (exact) mass is 151 g/mol. The fraction of sp³-hybridized carbons (Fsp3) is 0.600. The minimum absolute atomic E-state index is 0.433. The molecular formula is C10H17N. The normalized spacial score (nSPS) is 31.4. The van der Waals surface area contributed by atoms with Crippen molar-refractivity contribution < 1.29 is 0 Å². The van der Waals surface area contributed by atoms with Crippen LogP contribution in [-0.4, -0.2) is 6.04 Å². The first-order valence-electron chi connectivity index (χ1n) is 4.38. The van der Waals surface area contributed by atoms with Crippen molar-refractivity contribution in [1.82, 2.24) is 0 Å². The quantitative estimate of drug-likeness (QED) is 0.615. The van der Waals surface area contributed by atoms with Crippen LogP contribution in [0.1, 0.15) is 26.7 Å². The molecule has 0 radical (unpaired) electrons. The van der Waals surface area contributed by atoms with Crippen LogP contribution >= 0.6 is 0 Å². The first-order valence-corrected chi connectivity index (χ1v) is 4.38. The number of hydrogen-bond acceptors (Lipinski definition) is 1. The van der Waals surface area contributed by atoms with Crippen molar-refractivity contribution >= 4 is 0 Å². The zero-order chi connectivity index (χ0) is 8.27. The zero-order valence-electron chi connectivity index (χ0n) is 7.38. The van der Waals surface area contributed by atoms with E-state index in [-0.39, 0.29) is 0 Å². The summed E-state index contributed by atoms with van der Waals surface area (Å²) in [6, 6.07) is 0.433. The van der Waals surface area contributed by atoms with E-state index in [2.05, 4.69) is 32.1 Å². The standard InChI is InChI=1S/C10H17N/c1-3-5-6-8(4-2)9-7-10(9)11/h4-6,9-10H,3,7,11H2,1-2H3/b6-5-,8-4+. The van der Waals surface area contributed by atoms with Gasteiger partial charge in [0, 0.05) is 12.0 Å². The fourth-order valence-electron chi connectivity index (χ4n) is 1.29. The number of rotatable bonds is 3. The molecule has 0 aromatic heterocycles. The van der Waals surface area contributed by atoms with E-state index in [1.54, 1.807) is 0 Å². The molecule has 1 heteroatoms. The summed E-state index contributed by atoms with van der Waals surface area (Å²) in [5.74, 6) is 0.655. The molecule has 1 saturated carbocycles. The van der Waals surface area contributed by atoms with Gasteiger partial charge in [-0.1, -0.05) is 25.2 Å². The highest BCUT2D eigenvalue weighted by molar-refractivity contribution is 5.28. The maximum Gasteiger partial charge on any atom is 0.0115 e. The third-order valence-corrected chi connectivity index (χ3v) is 2.15. The Balaban J connectivity index is 2.45. The molecule has 0 aromatic rings. The molecule has 1 fully saturated rings. The molecule has 0 heterocycles. The summed E-state index contributed by atoms with van der Waals surface area (Å²) < 4.78 is 0. The van der Waals surface area contributed by atoms with Crippen LogP contribution in [0.2, 0.25) is 0 Å². The lowest BCUT2D eigenvalue weighted by molar-refractivity contribution is 0.937. The molecule has 2 unspecified atom stereocenters. The Bertz CT molecular complexity index is 179. The lowest BCUT2D eigenvalue weighted by Crippen LogP contribution is -2.02. The van der Waals surface area contributed by atoms with Gasteiger partial charge < -0.3 is 5.73 Å². The molecule has 0 amide bonds. The summed E-state index contributed by atoms with van der Waals surface area (Å²) in [4.78, 5) is 0. The summed E-state index contributed by atoms with van der Waals surface area (Å²) in [7, 11) is 0. The van der Waals surface area contributed by atoms with Crippen molar-refractivity contribution in [2.45, 2.75) is 32.7 Å². The predicted molar refractivity (Wildman–Crippen MR) is 49.3 cm³/mol. The lowest BCUT2D eigenvalue weighted by atomic mass is 10.1. The van der Waals surface area contributed by atoms with E-state index >= 15 is 0 Å². The topological polar surface area (TPSA) is 26.0 Å².